The molecule has 0 bridgehead atoms. The minimum Gasteiger partial charge on any atom is -0.338 e. The molecule has 1 amide bonds. The molecule has 1 aromatic carbocycles. The molecular formula is C22H26N4O2. The number of nitrogens with one attached hydrogen (secondary N) is 1. The predicted molar refractivity (Wildman–Crippen MR) is 110 cm³/mol. The summed E-state index contributed by atoms with van der Waals surface area (Å²) in [5.74, 6) is 0.215. The van der Waals surface area contributed by atoms with Crippen LogP contribution in [0.2, 0.25) is 0 Å². The Morgan fingerprint density at radius 1 is 1.11 bits per heavy atom. The van der Waals surface area contributed by atoms with Crippen molar-refractivity contribution in [1.82, 2.24) is 15.0 Å². The summed E-state index contributed by atoms with van der Waals surface area (Å²) >= 11 is 0. The second kappa shape index (κ2) is 8.35. The molecule has 6 nitrogen and oxygen atoms in total. The van der Waals surface area contributed by atoms with Crippen molar-refractivity contribution in [2.75, 3.05) is 18.9 Å². The first-order valence-corrected chi connectivity index (χ1v) is 9.26. The van der Waals surface area contributed by atoms with Gasteiger partial charge in [0.15, 0.2) is 0 Å². The zero-order chi connectivity index (χ0) is 20.1. The lowest BCUT2D eigenvalue weighted by atomic mass is 9.86. The van der Waals surface area contributed by atoms with Crippen molar-refractivity contribution < 1.29 is 9.32 Å². The molecule has 2 aromatic heterocycles. The van der Waals surface area contributed by atoms with Gasteiger partial charge in [0.25, 0.3) is 0 Å². The van der Waals surface area contributed by atoms with Gasteiger partial charge in [0, 0.05) is 18.9 Å². The number of hydrogen-bond acceptors (Lipinski definition) is 5. The molecule has 0 aliphatic carbocycles. The van der Waals surface area contributed by atoms with E-state index in [2.05, 4.69) is 48.4 Å². The number of anilines is 1. The maximum atomic E-state index is 12.4. The molecule has 0 saturated carbocycles. The number of benzene rings is 1. The molecule has 3 aromatic rings. The summed E-state index contributed by atoms with van der Waals surface area (Å²) in [7, 11) is 1.90. The molecule has 0 unspecified atom stereocenters. The zero-order valence-electron chi connectivity index (χ0n) is 16.8. The van der Waals surface area contributed by atoms with Crippen molar-refractivity contribution in [2.45, 2.75) is 32.7 Å². The summed E-state index contributed by atoms with van der Waals surface area (Å²) < 4.78 is 5.28. The molecule has 0 atom stereocenters. The van der Waals surface area contributed by atoms with Crippen molar-refractivity contribution in [2.24, 2.45) is 0 Å². The zero-order valence-corrected chi connectivity index (χ0v) is 16.8. The minimum absolute atomic E-state index is 0.0869. The van der Waals surface area contributed by atoms with E-state index < -0.39 is 0 Å². The van der Waals surface area contributed by atoms with Gasteiger partial charge in [0.2, 0.25) is 11.8 Å². The van der Waals surface area contributed by atoms with Crippen molar-refractivity contribution in [3.05, 3.63) is 66.1 Å². The van der Waals surface area contributed by atoms with Crippen LogP contribution in [-0.4, -0.2) is 34.5 Å². The Labute approximate surface area is 165 Å². The van der Waals surface area contributed by atoms with E-state index in [4.69, 9.17) is 4.52 Å². The SMILES string of the molecule is CN(CC(=O)Nc1oncc1-c1ccc(C(C)(C)C)cc1)Cc1ccncc1. The van der Waals surface area contributed by atoms with Crippen LogP contribution in [0, 0.1) is 0 Å². The number of pyridine rings is 1. The minimum atomic E-state index is -0.152. The van der Waals surface area contributed by atoms with E-state index in [1.54, 1.807) is 18.6 Å². The number of nitrogens with zero attached hydrogens (tertiary/aromatic N) is 3. The maximum Gasteiger partial charge on any atom is 0.240 e. The molecule has 146 valence electrons. The van der Waals surface area contributed by atoms with Crippen LogP contribution < -0.4 is 5.32 Å². The van der Waals surface area contributed by atoms with Gasteiger partial charge in [-0.1, -0.05) is 50.2 Å². The van der Waals surface area contributed by atoms with Crippen LogP contribution in [0.4, 0.5) is 5.88 Å². The van der Waals surface area contributed by atoms with Gasteiger partial charge in [0.05, 0.1) is 18.3 Å². The molecule has 1 N–H and O–H groups in total. The number of aromatic nitrogens is 2. The van der Waals surface area contributed by atoms with Crippen LogP contribution in [0.5, 0.6) is 0 Å². The van der Waals surface area contributed by atoms with E-state index in [1.165, 1.54) is 5.56 Å². The highest BCUT2D eigenvalue weighted by Gasteiger charge is 2.17. The number of hydrogen-bond donors (Lipinski definition) is 1. The van der Waals surface area contributed by atoms with Crippen LogP contribution in [0.1, 0.15) is 31.9 Å². The van der Waals surface area contributed by atoms with Gasteiger partial charge in [0.1, 0.15) is 0 Å². The highest BCUT2D eigenvalue weighted by atomic mass is 16.5. The maximum absolute atomic E-state index is 12.4. The third-order valence-corrected chi connectivity index (χ3v) is 4.50. The Hall–Kier alpha value is -2.99. The Balaban J connectivity index is 1.64. The molecule has 0 aliphatic rings. The third-order valence-electron chi connectivity index (χ3n) is 4.50. The van der Waals surface area contributed by atoms with E-state index >= 15 is 0 Å². The second-order valence-electron chi connectivity index (χ2n) is 7.97. The van der Waals surface area contributed by atoms with Gasteiger partial charge >= 0.3 is 0 Å². The Morgan fingerprint density at radius 3 is 2.43 bits per heavy atom. The van der Waals surface area contributed by atoms with Gasteiger partial charge in [-0.2, -0.15) is 0 Å². The summed E-state index contributed by atoms with van der Waals surface area (Å²) in [6.45, 7) is 7.43. The van der Waals surface area contributed by atoms with Crippen molar-refractivity contribution in [3.63, 3.8) is 0 Å². The molecule has 0 spiro atoms. The van der Waals surface area contributed by atoms with Crippen LogP contribution in [0.15, 0.2) is 59.5 Å². The first-order chi connectivity index (χ1) is 13.3. The van der Waals surface area contributed by atoms with Crippen LogP contribution in [-0.2, 0) is 16.8 Å². The fourth-order valence-corrected chi connectivity index (χ4v) is 2.95. The summed E-state index contributed by atoms with van der Waals surface area (Å²) in [6, 6.07) is 12.1. The largest absolute Gasteiger partial charge is 0.338 e. The van der Waals surface area contributed by atoms with E-state index in [1.807, 2.05) is 36.2 Å². The monoisotopic (exact) mass is 378 g/mol. The van der Waals surface area contributed by atoms with E-state index in [9.17, 15) is 4.79 Å². The Kier molecular flexibility index (Phi) is 5.90. The number of carbonyl (C=O) groups excluding carboxylic acids is 1. The fraction of sp³-hybridized carbons (Fsp3) is 0.318. The molecule has 0 radical (unpaired) electrons. The van der Waals surface area contributed by atoms with Crippen LogP contribution in [0.3, 0.4) is 0 Å². The highest BCUT2D eigenvalue weighted by Crippen LogP contribution is 2.30. The summed E-state index contributed by atoms with van der Waals surface area (Å²) in [5, 5.41) is 6.69. The van der Waals surface area contributed by atoms with E-state index in [0.29, 0.717) is 12.4 Å². The summed E-state index contributed by atoms with van der Waals surface area (Å²) in [5.41, 5.74) is 4.16. The van der Waals surface area contributed by atoms with Gasteiger partial charge in [-0.15, -0.1) is 0 Å². The number of carbonyl (C=O) groups is 1. The summed E-state index contributed by atoms with van der Waals surface area (Å²) in [6.07, 6.45) is 5.12. The average molecular weight is 378 g/mol. The lowest BCUT2D eigenvalue weighted by Crippen LogP contribution is -2.29. The molecule has 3 rings (SSSR count). The van der Waals surface area contributed by atoms with Crippen LogP contribution >= 0.6 is 0 Å². The number of rotatable bonds is 6. The smallest absolute Gasteiger partial charge is 0.240 e. The lowest BCUT2D eigenvalue weighted by molar-refractivity contribution is -0.117. The highest BCUT2D eigenvalue weighted by molar-refractivity contribution is 5.94. The Morgan fingerprint density at radius 2 is 1.79 bits per heavy atom. The lowest BCUT2D eigenvalue weighted by Gasteiger charge is -2.19. The van der Waals surface area contributed by atoms with Crippen molar-refractivity contribution >= 4 is 11.8 Å². The second-order valence-corrected chi connectivity index (χ2v) is 7.97. The first-order valence-electron chi connectivity index (χ1n) is 9.26. The van der Waals surface area contributed by atoms with Crippen LogP contribution in [0.25, 0.3) is 11.1 Å². The normalized spacial score (nSPS) is 11.6. The summed E-state index contributed by atoms with van der Waals surface area (Å²) in [4.78, 5) is 18.4. The number of amides is 1. The van der Waals surface area contributed by atoms with Crippen molar-refractivity contribution in [1.29, 1.82) is 0 Å². The third kappa shape index (κ3) is 5.04. The molecule has 28 heavy (non-hydrogen) atoms. The van der Waals surface area contributed by atoms with Gasteiger partial charge in [-0.25, -0.2) is 0 Å². The predicted octanol–water partition coefficient (Wildman–Crippen LogP) is 4.10. The topological polar surface area (TPSA) is 71.3 Å². The van der Waals surface area contributed by atoms with Gasteiger partial charge < -0.3 is 4.52 Å². The molecular weight excluding hydrogens is 352 g/mol. The number of likely N-dealkylation sites (N-methyl/N-ethyl adjacent to an activating group) is 1. The average Bonchev–Trinajstić information content (AvgIpc) is 3.09. The first kappa shape index (κ1) is 19.8. The molecule has 6 heteroatoms. The fourth-order valence-electron chi connectivity index (χ4n) is 2.95. The van der Waals surface area contributed by atoms with E-state index in [-0.39, 0.29) is 17.9 Å². The van der Waals surface area contributed by atoms with Crippen molar-refractivity contribution in [3.8, 4) is 11.1 Å². The Bertz CT molecular complexity index is 912. The molecule has 0 fully saturated rings. The standard InChI is InChI=1S/C22H26N4O2/c1-22(2,3)18-7-5-17(6-8-18)19-13-24-28-21(19)25-20(27)15-26(4)14-16-9-11-23-12-10-16/h5-13H,14-15H2,1-4H3,(H,25,27). The van der Waals surface area contributed by atoms with Gasteiger partial charge in [-0.05, 0) is 41.3 Å². The molecule has 0 saturated heterocycles. The van der Waals surface area contributed by atoms with E-state index in [0.717, 1.165) is 16.7 Å². The molecule has 2 heterocycles. The molecule has 0 aliphatic heterocycles. The quantitative estimate of drug-likeness (QED) is 0.699. The van der Waals surface area contributed by atoms with Gasteiger partial charge in [-0.3, -0.25) is 20.0 Å².